The van der Waals surface area contributed by atoms with Crippen LogP contribution in [0.4, 0.5) is 23.7 Å². The van der Waals surface area contributed by atoms with Crippen LogP contribution in [0.25, 0.3) is 0 Å². The Bertz CT molecular complexity index is 756. The second-order valence-electron chi connectivity index (χ2n) is 7.30. The first kappa shape index (κ1) is 20.2. The van der Waals surface area contributed by atoms with E-state index in [0.29, 0.717) is 24.1 Å². The van der Waals surface area contributed by atoms with Crippen molar-refractivity contribution in [1.82, 2.24) is 10.2 Å². The number of carbonyl (C=O) groups excluding carboxylic acids is 3. The van der Waals surface area contributed by atoms with Crippen LogP contribution in [-0.2, 0) is 16.0 Å². The Morgan fingerprint density at radius 3 is 2.36 bits per heavy atom. The van der Waals surface area contributed by atoms with Crippen LogP contribution in [-0.4, -0.2) is 41.0 Å². The molecule has 0 bridgehead atoms. The first-order chi connectivity index (χ1) is 13.2. The highest BCUT2D eigenvalue weighted by molar-refractivity contribution is 6.08. The largest absolute Gasteiger partial charge is 0.389 e. The van der Waals surface area contributed by atoms with E-state index in [0.717, 1.165) is 19.3 Å². The molecule has 2 N–H and O–H groups in total. The lowest BCUT2D eigenvalue weighted by molar-refractivity contribution is -0.146. The molecule has 1 saturated carbocycles. The molecule has 1 aromatic carbocycles. The van der Waals surface area contributed by atoms with E-state index >= 15 is 0 Å². The number of urea groups is 1. The van der Waals surface area contributed by atoms with E-state index in [2.05, 4.69) is 10.6 Å². The molecule has 152 valence electrons. The minimum absolute atomic E-state index is 0.137. The summed E-state index contributed by atoms with van der Waals surface area (Å²) in [5.41, 5.74) is -0.125. The molecule has 1 aliphatic carbocycles. The molecule has 28 heavy (non-hydrogen) atoms. The fraction of sp³-hybridized carbons (Fsp3) is 0.526. The first-order valence-corrected chi connectivity index (χ1v) is 9.28. The zero-order valence-corrected chi connectivity index (χ0v) is 15.3. The van der Waals surface area contributed by atoms with Crippen LogP contribution in [0.5, 0.6) is 0 Å². The summed E-state index contributed by atoms with van der Waals surface area (Å²) in [7, 11) is 0. The second-order valence-corrected chi connectivity index (χ2v) is 7.30. The molecule has 2 fully saturated rings. The van der Waals surface area contributed by atoms with Gasteiger partial charge in [0.1, 0.15) is 12.1 Å². The number of imide groups is 1. The van der Waals surface area contributed by atoms with Crippen molar-refractivity contribution in [3.05, 3.63) is 29.8 Å². The van der Waals surface area contributed by atoms with Crippen LogP contribution in [0.1, 0.15) is 44.1 Å². The number of aryl methyl sites for hydroxylation is 1. The van der Waals surface area contributed by atoms with Crippen molar-refractivity contribution in [1.29, 1.82) is 0 Å². The third-order valence-corrected chi connectivity index (χ3v) is 5.32. The highest BCUT2D eigenvalue weighted by Gasteiger charge is 2.51. The standard InChI is InChI=1S/C19H22F3N3O3/c20-19(21,22)11-8-13-4-6-14(7-5-13)23-17(28)25-12-15(26)24-16(27)18(25)9-2-1-3-10-18/h4-7H,1-3,8-12H2,(H,23,28)(H,24,26,27). The van der Waals surface area contributed by atoms with Crippen LogP contribution >= 0.6 is 0 Å². The van der Waals surface area contributed by atoms with Gasteiger partial charge in [0.05, 0.1) is 0 Å². The van der Waals surface area contributed by atoms with Crippen LogP contribution in [0.3, 0.4) is 0 Å². The van der Waals surface area contributed by atoms with Gasteiger partial charge in [-0.05, 0) is 37.0 Å². The lowest BCUT2D eigenvalue weighted by Crippen LogP contribution is -2.69. The van der Waals surface area contributed by atoms with Gasteiger partial charge in [-0.2, -0.15) is 13.2 Å². The third-order valence-electron chi connectivity index (χ3n) is 5.32. The number of amides is 4. The number of nitrogens with one attached hydrogen (secondary N) is 2. The molecule has 1 spiro atoms. The Labute approximate surface area is 160 Å². The fourth-order valence-corrected chi connectivity index (χ4v) is 3.83. The number of hydrogen-bond acceptors (Lipinski definition) is 3. The number of nitrogens with zero attached hydrogens (tertiary/aromatic N) is 1. The van der Waals surface area contributed by atoms with Gasteiger partial charge in [0, 0.05) is 12.1 Å². The molecule has 0 unspecified atom stereocenters. The topological polar surface area (TPSA) is 78.5 Å². The summed E-state index contributed by atoms with van der Waals surface area (Å²) in [6.07, 6.45) is -1.72. The van der Waals surface area contributed by atoms with E-state index < -0.39 is 36.0 Å². The van der Waals surface area contributed by atoms with Crippen molar-refractivity contribution in [3.8, 4) is 0 Å². The Morgan fingerprint density at radius 1 is 1.11 bits per heavy atom. The Morgan fingerprint density at radius 2 is 1.75 bits per heavy atom. The van der Waals surface area contributed by atoms with E-state index in [-0.39, 0.29) is 13.0 Å². The summed E-state index contributed by atoms with van der Waals surface area (Å²) in [6, 6.07) is 5.51. The van der Waals surface area contributed by atoms with Crippen molar-refractivity contribution in [2.24, 2.45) is 0 Å². The van der Waals surface area contributed by atoms with Crippen molar-refractivity contribution < 1.29 is 27.6 Å². The van der Waals surface area contributed by atoms with Crippen molar-refractivity contribution in [3.63, 3.8) is 0 Å². The van der Waals surface area contributed by atoms with Crippen LogP contribution in [0.2, 0.25) is 0 Å². The predicted molar refractivity (Wildman–Crippen MR) is 95.5 cm³/mol. The first-order valence-electron chi connectivity index (χ1n) is 9.28. The average Bonchev–Trinajstić information content (AvgIpc) is 2.64. The Balaban J connectivity index is 1.70. The fourth-order valence-electron chi connectivity index (χ4n) is 3.83. The van der Waals surface area contributed by atoms with Crippen LogP contribution < -0.4 is 10.6 Å². The molecule has 1 saturated heterocycles. The molecule has 1 aliphatic heterocycles. The maximum absolute atomic E-state index is 12.8. The number of halogens is 3. The van der Waals surface area contributed by atoms with Gasteiger partial charge < -0.3 is 10.2 Å². The van der Waals surface area contributed by atoms with Gasteiger partial charge >= 0.3 is 12.2 Å². The number of carbonyl (C=O) groups is 3. The molecule has 9 heteroatoms. The molecular weight excluding hydrogens is 375 g/mol. The quantitative estimate of drug-likeness (QED) is 0.768. The summed E-state index contributed by atoms with van der Waals surface area (Å²) in [4.78, 5) is 38.4. The van der Waals surface area contributed by atoms with Gasteiger partial charge in [-0.25, -0.2) is 4.79 Å². The summed E-state index contributed by atoms with van der Waals surface area (Å²) in [6.45, 7) is -0.207. The lowest BCUT2D eigenvalue weighted by Gasteiger charge is -2.46. The minimum atomic E-state index is -4.22. The molecule has 1 aromatic rings. The summed E-state index contributed by atoms with van der Waals surface area (Å²) < 4.78 is 36.9. The zero-order valence-electron chi connectivity index (χ0n) is 15.3. The smallest absolute Gasteiger partial charge is 0.308 e. The molecular formula is C19H22F3N3O3. The third kappa shape index (κ3) is 4.45. The molecule has 0 atom stereocenters. The number of alkyl halides is 3. The van der Waals surface area contributed by atoms with E-state index in [9.17, 15) is 27.6 Å². The number of piperazine rings is 1. The Hall–Kier alpha value is -2.58. The van der Waals surface area contributed by atoms with Gasteiger partial charge in [-0.15, -0.1) is 0 Å². The summed E-state index contributed by atoms with van der Waals surface area (Å²) in [5, 5.41) is 4.99. The monoisotopic (exact) mass is 397 g/mol. The second kappa shape index (κ2) is 7.81. The molecule has 1 heterocycles. The van der Waals surface area contributed by atoms with Crippen molar-refractivity contribution >= 4 is 23.5 Å². The average molecular weight is 397 g/mol. The van der Waals surface area contributed by atoms with Gasteiger partial charge in [0.15, 0.2) is 0 Å². The van der Waals surface area contributed by atoms with Crippen molar-refractivity contribution in [2.75, 3.05) is 11.9 Å². The number of hydrogen-bond donors (Lipinski definition) is 2. The minimum Gasteiger partial charge on any atom is -0.308 e. The van der Waals surface area contributed by atoms with E-state index in [1.54, 1.807) is 0 Å². The molecule has 3 rings (SSSR count). The van der Waals surface area contributed by atoms with E-state index in [1.165, 1.54) is 29.2 Å². The zero-order chi connectivity index (χ0) is 20.4. The normalized spacial score (nSPS) is 19.5. The predicted octanol–water partition coefficient (Wildman–Crippen LogP) is 3.37. The molecule has 4 amide bonds. The summed E-state index contributed by atoms with van der Waals surface area (Å²) in [5.74, 6) is -0.972. The van der Waals surface area contributed by atoms with Gasteiger partial charge in [-0.3, -0.25) is 14.9 Å². The molecule has 2 aliphatic rings. The number of rotatable bonds is 3. The van der Waals surface area contributed by atoms with E-state index in [4.69, 9.17) is 0 Å². The summed E-state index contributed by atoms with van der Waals surface area (Å²) >= 11 is 0. The highest BCUT2D eigenvalue weighted by Crippen LogP contribution is 2.36. The van der Waals surface area contributed by atoms with Gasteiger partial charge in [-0.1, -0.05) is 31.4 Å². The van der Waals surface area contributed by atoms with Gasteiger partial charge in [0.2, 0.25) is 5.91 Å². The van der Waals surface area contributed by atoms with E-state index in [1.807, 2.05) is 0 Å². The highest BCUT2D eigenvalue weighted by atomic mass is 19.4. The van der Waals surface area contributed by atoms with Crippen LogP contribution in [0, 0.1) is 0 Å². The SMILES string of the molecule is O=C1CN(C(=O)Nc2ccc(CCC(F)(F)F)cc2)C2(CCCCC2)C(=O)N1. The molecule has 0 aromatic heterocycles. The molecule has 0 radical (unpaired) electrons. The Kier molecular flexibility index (Phi) is 5.62. The van der Waals surface area contributed by atoms with Crippen LogP contribution in [0.15, 0.2) is 24.3 Å². The molecule has 6 nitrogen and oxygen atoms in total. The number of anilines is 1. The maximum atomic E-state index is 12.8. The number of benzene rings is 1. The van der Waals surface area contributed by atoms with Gasteiger partial charge in [0.25, 0.3) is 5.91 Å². The van der Waals surface area contributed by atoms with Crippen molar-refractivity contribution in [2.45, 2.75) is 56.7 Å². The maximum Gasteiger partial charge on any atom is 0.389 e. The lowest BCUT2D eigenvalue weighted by atomic mass is 9.78.